The van der Waals surface area contributed by atoms with Gasteiger partial charge in [-0.05, 0) is 85.5 Å². The first-order chi connectivity index (χ1) is 19.3. The zero-order chi connectivity index (χ0) is 30.7. The van der Waals surface area contributed by atoms with E-state index in [1.807, 2.05) is 6.07 Å². The summed E-state index contributed by atoms with van der Waals surface area (Å²) in [7, 11) is 0. The van der Waals surface area contributed by atoms with Gasteiger partial charge in [0.2, 0.25) is 0 Å². The summed E-state index contributed by atoms with van der Waals surface area (Å²) in [6.07, 6.45) is 7.06. The smallest absolute Gasteiger partial charge is 0.339 e. The lowest BCUT2D eigenvalue weighted by molar-refractivity contribution is 0.0265. The van der Waals surface area contributed by atoms with Crippen LogP contribution in [0.5, 0.6) is 11.5 Å². The van der Waals surface area contributed by atoms with Crippen molar-refractivity contribution in [2.75, 3.05) is 0 Å². The molecule has 0 radical (unpaired) electrons. The standard InChI is InChI=1S/C17H24O3.C10H20O.C7H6O3/c1-11(2)13-9-8-12(3)10-16(13)20-15-7-5-4-6-14(15)17(18)19;1-7(2)9-5-4-8(3)6-10(9)11;8-6-4-2-1-3-5(6)7(9)10/h4-7,11-13,16H,8-10H2,1-3H3,(H,18,19);7-11H,4-6H2,1-3H3;1-4,8H,(H,9,10). The second-order valence-electron chi connectivity index (χ2n) is 12.5. The van der Waals surface area contributed by atoms with Crippen LogP contribution in [0.2, 0.25) is 0 Å². The zero-order valence-electron chi connectivity index (χ0n) is 25.5. The molecule has 7 heteroatoms. The normalized spacial score (nSPS) is 25.8. The van der Waals surface area contributed by atoms with E-state index in [1.54, 1.807) is 30.3 Å². The number of hydrogen-bond donors (Lipinski definition) is 4. The molecule has 6 unspecified atom stereocenters. The molecule has 0 aromatic heterocycles. The van der Waals surface area contributed by atoms with Gasteiger partial charge in [-0.2, -0.15) is 0 Å². The van der Waals surface area contributed by atoms with Crippen LogP contribution in [0.3, 0.4) is 0 Å². The van der Waals surface area contributed by atoms with E-state index >= 15 is 0 Å². The number of carboxylic acids is 2. The highest BCUT2D eigenvalue weighted by Crippen LogP contribution is 2.37. The van der Waals surface area contributed by atoms with Gasteiger partial charge in [0.05, 0.1) is 6.10 Å². The number of carbonyl (C=O) groups is 2. The van der Waals surface area contributed by atoms with Crippen molar-refractivity contribution in [1.29, 1.82) is 0 Å². The summed E-state index contributed by atoms with van der Waals surface area (Å²) in [5.41, 5.74) is 0.190. The quantitative estimate of drug-likeness (QED) is 0.280. The third-order valence-electron chi connectivity index (χ3n) is 8.48. The average Bonchev–Trinajstić information content (AvgIpc) is 2.89. The van der Waals surface area contributed by atoms with Crippen molar-refractivity contribution in [2.24, 2.45) is 35.5 Å². The molecule has 0 amide bonds. The van der Waals surface area contributed by atoms with Gasteiger partial charge >= 0.3 is 11.9 Å². The molecular formula is C34H50O7. The van der Waals surface area contributed by atoms with E-state index in [1.165, 1.54) is 37.8 Å². The molecule has 0 aliphatic heterocycles. The fourth-order valence-corrected chi connectivity index (χ4v) is 5.97. The minimum absolute atomic E-state index is 0.0289. The van der Waals surface area contributed by atoms with Crippen LogP contribution < -0.4 is 4.74 Å². The highest BCUT2D eigenvalue weighted by molar-refractivity contribution is 5.91. The molecule has 4 N–H and O–H groups in total. The first-order valence-electron chi connectivity index (χ1n) is 15.0. The Morgan fingerprint density at radius 3 is 1.71 bits per heavy atom. The summed E-state index contributed by atoms with van der Waals surface area (Å²) < 4.78 is 6.11. The predicted molar refractivity (Wildman–Crippen MR) is 162 cm³/mol. The summed E-state index contributed by atoms with van der Waals surface area (Å²) in [5, 5.41) is 36.3. The Morgan fingerprint density at radius 1 is 0.732 bits per heavy atom. The predicted octanol–water partition coefficient (Wildman–Crippen LogP) is 7.75. The van der Waals surface area contributed by atoms with Crippen LogP contribution in [0.4, 0.5) is 0 Å². The second kappa shape index (κ2) is 16.4. The lowest BCUT2D eigenvalue weighted by Gasteiger charge is -2.37. The van der Waals surface area contributed by atoms with Crippen molar-refractivity contribution >= 4 is 11.9 Å². The number of aliphatic hydroxyl groups is 1. The minimum atomic E-state index is -1.11. The molecule has 7 nitrogen and oxygen atoms in total. The molecule has 0 heterocycles. The number of carboxylic acid groups (broad SMARTS) is 2. The van der Waals surface area contributed by atoms with Crippen molar-refractivity contribution in [3.8, 4) is 11.5 Å². The molecule has 2 aliphatic carbocycles. The highest BCUT2D eigenvalue weighted by atomic mass is 16.5. The molecule has 2 fully saturated rings. The number of benzene rings is 2. The number of hydrogen-bond acceptors (Lipinski definition) is 5. The van der Waals surface area contributed by atoms with Gasteiger partial charge in [-0.1, -0.05) is 78.6 Å². The van der Waals surface area contributed by atoms with Crippen LogP contribution in [0.1, 0.15) is 101 Å². The van der Waals surface area contributed by atoms with Crippen LogP contribution in [0.15, 0.2) is 48.5 Å². The van der Waals surface area contributed by atoms with E-state index in [9.17, 15) is 19.8 Å². The molecule has 2 saturated carbocycles. The fraction of sp³-hybridized carbons (Fsp3) is 0.588. The molecule has 2 aromatic carbocycles. The Balaban J connectivity index is 0.000000236. The number of aromatic hydroxyl groups is 1. The molecule has 2 aliphatic rings. The van der Waals surface area contributed by atoms with Crippen LogP contribution in [0, 0.1) is 35.5 Å². The van der Waals surface area contributed by atoms with Crippen molar-refractivity contribution in [1.82, 2.24) is 0 Å². The molecule has 228 valence electrons. The summed E-state index contributed by atoms with van der Waals surface area (Å²) in [5.74, 6) is 1.93. The lowest BCUT2D eigenvalue weighted by Crippen LogP contribution is -2.36. The van der Waals surface area contributed by atoms with Gasteiger partial charge < -0.3 is 25.2 Å². The highest BCUT2D eigenvalue weighted by Gasteiger charge is 2.33. The molecular weight excluding hydrogens is 520 g/mol. The second-order valence-corrected chi connectivity index (χ2v) is 12.5. The van der Waals surface area contributed by atoms with E-state index in [4.69, 9.17) is 14.9 Å². The van der Waals surface area contributed by atoms with Crippen molar-refractivity contribution in [3.63, 3.8) is 0 Å². The summed E-state index contributed by atoms with van der Waals surface area (Å²) in [4.78, 5) is 21.5. The number of aliphatic hydroxyl groups excluding tert-OH is 1. The molecule has 41 heavy (non-hydrogen) atoms. The number of phenols is 1. The molecule has 0 saturated heterocycles. The summed E-state index contributed by atoms with van der Waals surface area (Å²) in [6.45, 7) is 13.4. The van der Waals surface area contributed by atoms with E-state index in [2.05, 4.69) is 41.5 Å². The Bertz CT molecular complexity index is 1100. The number of ether oxygens (including phenoxy) is 1. The SMILES string of the molecule is CC1CCC(C(C)C)C(O)C1.CC1CCC(C(C)C)C(Oc2ccccc2C(=O)O)C1.O=C(O)c1ccccc1O. The van der Waals surface area contributed by atoms with Crippen LogP contribution in [0.25, 0.3) is 0 Å². The topological polar surface area (TPSA) is 124 Å². The van der Waals surface area contributed by atoms with Crippen LogP contribution in [-0.4, -0.2) is 44.6 Å². The molecule has 0 spiro atoms. The van der Waals surface area contributed by atoms with E-state index in [0.717, 1.165) is 18.8 Å². The minimum Gasteiger partial charge on any atom is -0.507 e. The van der Waals surface area contributed by atoms with Crippen molar-refractivity contribution in [2.45, 2.75) is 92.3 Å². The molecule has 2 aromatic rings. The Kier molecular flexibility index (Phi) is 13.7. The third kappa shape index (κ3) is 10.7. The fourth-order valence-electron chi connectivity index (χ4n) is 5.97. The summed E-state index contributed by atoms with van der Waals surface area (Å²) in [6, 6.07) is 12.7. The first-order valence-corrected chi connectivity index (χ1v) is 15.0. The van der Waals surface area contributed by atoms with Crippen LogP contribution in [-0.2, 0) is 0 Å². The maximum atomic E-state index is 11.3. The monoisotopic (exact) mass is 570 g/mol. The third-order valence-corrected chi connectivity index (χ3v) is 8.48. The van der Waals surface area contributed by atoms with Gasteiger partial charge in [0, 0.05) is 0 Å². The number of para-hydroxylation sites is 2. The Labute approximate surface area is 245 Å². The van der Waals surface area contributed by atoms with E-state index < -0.39 is 11.9 Å². The van der Waals surface area contributed by atoms with Gasteiger partial charge in [0.25, 0.3) is 0 Å². The van der Waals surface area contributed by atoms with Gasteiger partial charge in [-0.15, -0.1) is 0 Å². The lowest BCUT2D eigenvalue weighted by atomic mass is 9.75. The largest absolute Gasteiger partial charge is 0.507 e. The van der Waals surface area contributed by atoms with Gasteiger partial charge in [-0.25, -0.2) is 9.59 Å². The molecule has 4 rings (SSSR count). The zero-order valence-corrected chi connectivity index (χ0v) is 25.5. The van der Waals surface area contributed by atoms with Gasteiger partial charge in [-0.3, -0.25) is 0 Å². The van der Waals surface area contributed by atoms with E-state index in [0.29, 0.717) is 35.3 Å². The maximum absolute atomic E-state index is 11.3. The van der Waals surface area contributed by atoms with E-state index in [-0.39, 0.29) is 29.1 Å². The maximum Gasteiger partial charge on any atom is 0.339 e. The van der Waals surface area contributed by atoms with Crippen molar-refractivity contribution < 1.29 is 34.8 Å². The number of aromatic carboxylic acids is 2. The summed E-state index contributed by atoms with van der Waals surface area (Å²) >= 11 is 0. The Morgan fingerprint density at radius 2 is 1.22 bits per heavy atom. The molecule has 6 atom stereocenters. The Hall–Kier alpha value is -3.06. The van der Waals surface area contributed by atoms with Gasteiger partial charge in [0.15, 0.2) is 0 Å². The van der Waals surface area contributed by atoms with Gasteiger partial charge in [0.1, 0.15) is 28.7 Å². The first kappa shape index (κ1) is 34.1. The van der Waals surface area contributed by atoms with Crippen LogP contribution >= 0.6 is 0 Å². The molecule has 0 bridgehead atoms. The average molecular weight is 571 g/mol. The van der Waals surface area contributed by atoms with Crippen molar-refractivity contribution in [3.05, 3.63) is 59.7 Å². The number of rotatable bonds is 6.